The normalized spacial score (nSPS) is 10.3. The number of aryl methyl sites for hydroxylation is 1. The molecule has 1 aromatic rings. The van der Waals surface area contributed by atoms with Gasteiger partial charge in [-0.3, -0.25) is 4.79 Å². The highest BCUT2D eigenvalue weighted by Gasteiger charge is 2.01. The van der Waals surface area contributed by atoms with Gasteiger partial charge in [-0.2, -0.15) is 0 Å². The van der Waals surface area contributed by atoms with Crippen LogP contribution in [0, 0.1) is 0 Å². The van der Waals surface area contributed by atoms with Gasteiger partial charge in [0.25, 0.3) is 0 Å². The van der Waals surface area contributed by atoms with Crippen LogP contribution in [0.3, 0.4) is 0 Å². The zero-order valence-electron chi connectivity index (χ0n) is 9.19. The van der Waals surface area contributed by atoms with E-state index in [0.717, 1.165) is 18.8 Å². The molecule has 84 valence electrons. The number of carbonyl (C=O) groups excluding carboxylic acids is 1. The summed E-state index contributed by atoms with van der Waals surface area (Å²) in [6.45, 7) is 3.22. The van der Waals surface area contributed by atoms with Gasteiger partial charge < -0.3 is 14.6 Å². The van der Waals surface area contributed by atoms with Crippen molar-refractivity contribution in [2.24, 2.45) is 7.05 Å². The lowest BCUT2D eigenvalue weighted by Gasteiger charge is -2.04. The Balaban J connectivity index is 2.12. The number of ether oxygens (including phenoxy) is 1. The van der Waals surface area contributed by atoms with Crippen molar-refractivity contribution in [3.8, 4) is 0 Å². The van der Waals surface area contributed by atoms with Crippen LogP contribution in [0.25, 0.3) is 0 Å². The van der Waals surface area contributed by atoms with Gasteiger partial charge in [-0.05, 0) is 6.92 Å². The first-order chi connectivity index (χ1) is 7.24. The third kappa shape index (κ3) is 4.12. The topological polar surface area (TPSA) is 56.1 Å². The molecule has 0 fully saturated rings. The van der Waals surface area contributed by atoms with Crippen molar-refractivity contribution >= 4 is 5.97 Å². The fourth-order valence-electron chi connectivity index (χ4n) is 1.24. The quantitative estimate of drug-likeness (QED) is 0.536. The molecule has 0 atom stereocenters. The number of hydrogen-bond acceptors (Lipinski definition) is 4. The molecule has 15 heavy (non-hydrogen) atoms. The second-order valence-corrected chi connectivity index (χ2v) is 3.19. The van der Waals surface area contributed by atoms with Crippen LogP contribution in [-0.4, -0.2) is 35.2 Å². The Kier molecular flexibility index (Phi) is 4.83. The van der Waals surface area contributed by atoms with Gasteiger partial charge in [0, 0.05) is 32.4 Å². The number of nitrogens with zero attached hydrogens (tertiary/aromatic N) is 2. The Morgan fingerprint density at radius 3 is 3.07 bits per heavy atom. The van der Waals surface area contributed by atoms with Crippen LogP contribution >= 0.6 is 0 Å². The molecule has 0 saturated carbocycles. The second kappa shape index (κ2) is 6.19. The molecule has 0 saturated heterocycles. The molecule has 5 heteroatoms. The molecule has 0 radical (unpaired) electrons. The highest BCUT2D eigenvalue weighted by molar-refractivity contribution is 5.71. The minimum Gasteiger partial charge on any atom is -0.465 e. The standard InChI is InChI=1S/C10H17N3O2/c1-3-15-10(14)8-11-5-4-9-12-6-7-13(9)2/h6-7,11H,3-5,8H2,1-2H3. The number of rotatable bonds is 6. The van der Waals surface area contributed by atoms with Crippen LogP contribution in [0.5, 0.6) is 0 Å². The predicted octanol–water partition coefficient (Wildman–Crippen LogP) is 0.115. The molecule has 0 aliphatic rings. The second-order valence-electron chi connectivity index (χ2n) is 3.19. The molecule has 5 nitrogen and oxygen atoms in total. The molecule has 0 bridgehead atoms. The molecule has 0 amide bonds. The van der Waals surface area contributed by atoms with E-state index >= 15 is 0 Å². The highest BCUT2D eigenvalue weighted by atomic mass is 16.5. The van der Waals surface area contributed by atoms with E-state index in [1.54, 1.807) is 13.1 Å². The summed E-state index contributed by atoms with van der Waals surface area (Å²) in [5, 5.41) is 3.01. The van der Waals surface area contributed by atoms with Gasteiger partial charge in [0.1, 0.15) is 5.82 Å². The van der Waals surface area contributed by atoms with Crippen LogP contribution in [-0.2, 0) is 23.0 Å². The van der Waals surface area contributed by atoms with E-state index < -0.39 is 0 Å². The zero-order valence-corrected chi connectivity index (χ0v) is 9.19. The van der Waals surface area contributed by atoms with Gasteiger partial charge in [-0.1, -0.05) is 0 Å². The predicted molar refractivity (Wildman–Crippen MR) is 56.4 cm³/mol. The van der Waals surface area contributed by atoms with Crippen molar-refractivity contribution in [2.75, 3.05) is 19.7 Å². The van der Waals surface area contributed by atoms with E-state index in [9.17, 15) is 4.79 Å². The average Bonchev–Trinajstić information content (AvgIpc) is 2.60. The van der Waals surface area contributed by atoms with E-state index in [2.05, 4.69) is 10.3 Å². The maximum atomic E-state index is 11.0. The summed E-state index contributed by atoms with van der Waals surface area (Å²) in [4.78, 5) is 15.1. The Hall–Kier alpha value is -1.36. The maximum Gasteiger partial charge on any atom is 0.319 e. The molecule has 0 spiro atoms. The van der Waals surface area contributed by atoms with Crippen molar-refractivity contribution in [1.82, 2.24) is 14.9 Å². The molecular weight excluding hydrogens is 194 g/mol. The van der Waals surface area contributed by atoms with Crippen LogP contribution in [0.4, 0.5) is 0 Å². The summed E-state index contributed by atoms with van der Waals surface area (Å²) in [5.41, 5.74) is 0. The van der Waals surface area contributed by atoms with Gasteiger partial charge in [0.15, 0.2) is 0 Å². The minimum atomic E-state index is -0.211. The lowest BCUT2D eigenvalue weighted by Crippen LogP contribution is -2.27. The number of aromatic nitrogens is 2. The summed E-state index contributed by atoms with van der Waals surface area (Å²) in [5.74, 6) is 0.795. The fourth-order valence-corrected chi connectivity index (χ4v) is 1.24. The summed E-state index contributed by atoms with van der Waals surface area (Å²) in [6.07, 6.45) is 4.48. The smallest absolute Gasteiger partial charge is 0.319 e. The highest BCUT2D eigenvalue weighted by Crippen LogP contribution is 1.93. The van der Waals surface area contributed by atoms with Crippen molar-refractivity contribution in [1.29, 1.82) is 0 Å². The molecule has 0 aliphatic heterocycles. The molecule has 1 aromatic heterocycles. The Morgan fingerprint density at radius 2 is 2.47 bits per heavy atom. The first-order valence-electron chi connectivity index (χ1n) is 5.06. The van der Waals surface area contributed by atoms with E-state index in [1.807, 2.05) is 17.8 Å². The summed E-state index contributed by atoms with van der Waals surface area (Å²) in [6, 6.07) is 0. The molecule has 1 rings (SSSR count). The number of carbonyl (C=O) groups is 1. The van der Waals surface area contributed by atoms with Crippen LogP contribution < -0.4 is 5.32 Å². The summed E-state index contributed by atoms with van der Waals surface area (Å²) >= 11 is 0. The Labute approximate surface area is 89.4 Å². The number of imidazole rings is 1. The third-order valence-corrected chi connectivity index (χ3v) is 2.02. The van der Waals surface area contributed by atoms with Crippen molar-refractivity contribution in [3.05, 3.63) is 18.2 Å². The molecule has 1 N–H and O–H groups in total. The summed E-state index contributed by atoms with van der Waals surface area (Å²) in [7, 11) is 1.95. The number of esters is 1. The molecule has 0 unspecified atom stereocenters. The lowest BCUT2D eigenvalue weighted by atomic mass is 10.4. The fraction of sp³-hybridized carbons (Fsp3) is 0.600. The van der Waals surface area contributed by atoms with E-state index in [-0.39, 0.29) is 12.5 Å². The zero-order chi connectivity index (χ0) is 11.1. The van der Waals surface area contributed by atoms with Crippen molar-refractivity contribution in [2.45, 2.75) is 13.3 Å². The third-order valence-electron chi connectivity index (χ3n) is 2.02. The number of nitrogens with one attached hydrogen (secondary N) is 1. The maximum absolute atomic E-state index is 11.0. The van der Waals surface area contributed by atoms with E-state index in [0.29, 0.717) is 6.61 Å². The Morgan fingerprint density at radius 1 is 1.67 bits per heavy atom. The molecule has 0 aliphatic carbocycles. The largest absolute Gasteiger partial charge is 0.465 e. The molecular formula is C10H17N3O2. The van der Waals surface area contributed by atoms with Crippen LogP contribution in [0.15, 0.2) is 12.4 Å². The lowest BCUT2D eigenvalue weighted by molar-refractivity contribution is -0.141. The monoisotopic (exact) mass is 211 g/mol. The molecule has 1 heterocycles. The van der Waals surface area contributed by atoms with Crippen LogP contribution in [0.2, 0.25) is 0 Å². The van der Waals surface area contributed by atoms with Crippen molar-refractivity contribution < 1.29 is 9.53 Å². The van der Waals surface area contributed by atoms with Gasteiger partial charge in [-0.25, -0.2) is 4.98 Å². The molecule has 0 aromatic carbocycles. The van der Waals surface area contributed by atoms with E-state index in [4.69, 9.17) is 4.74 Å². The van der Waals surface area contributed by atoms with Gasteiger partial charge in [0.05, 0.1) is 13.2 Å². The number of hydrogen-bond donors (Lipinski definition) is 1. The SMILES string of the molecule is CCOC(=O)CNCCc1nccn1C. The first kappa shape index (κ1) is 11.7. The van der Waals surface area contributed by atoms with Gasteiger partial charge in [-0.15, -0.1) is 0 Å². The summed E-state index contributed by atoms with van der Waals surface area (Å²) < 4.78 is 6.74. The average molecular weight is 211 g/mol. The minimum absolute atomic E-state index is 0.211. The van der Waals surface area contributed by atoms with Crippen molar-refractivity contribution in [3.63, 3.8) is 0 Å². The van der Waals surface area contributed by atoms with Gasteiger partial charge in [0.2, 0.25) is 0 Å². The van der Waals surface area contributed by atoms with Crippen LogP contribution in [0.1, 0.15) is 12.7 Å². The van der Waals surface area contributed by atoms with E-state index in [1.165, 1.54) is 0 Å². The van der Waals surface area contributed by atoms with Gasteiger partial charge >= 0.3 is 5.97 Å². The Bertz CT molecular complexity index is 309. The first-order valence-corrected chi connectivity index (χ1v) is 5.06.